The van der Waals surface area contributed by atoms with Crippen molar-refractivity contribution in [3.8, 4) is 5.75 Å². The van der Waals surface area contributed by atoms with Crippen LogP contribution in [0.25, 0.3) is 0 Å². The number of carbonyl (C=O) groups is 1. The van der Waals surface area contributed by atoms with E-state index in [-0.39, 0.29) is 24.1 Å². The van der Waals surface area contributed by atoms with E-state index in [1.807, 2.05) is 0 Å². The molecule has 0 unspecified atom stereocenters. The molecular formula is C11H16ClFN2O2. The summed E-state index contributed by atoms with van der Waals surface area (Å²) < 4.78 is 17.9. The largest absolute Gasteiger partial charge is 0.494 e. The number of rotatable bonds is 3. The lowest BCUT2D eigenvalue weighted by atomic mass is 10.1. The van der Waals surface area contributed by atoms with Crippen molar-refractivity contribution in [3.05, 3.63) is 24.0 Å². The summed E-state index contributed by atoms with van der Waals surface area (Å²) in [5.41, 5.74) is 5.07. The van der Waals surface area contributed by atoms with E-state index in [1.54, 1.807) is 13.8 Å². The van der Waals surface area contributed by atoms with Gasteiger partial charge < -0.3 is 15.8 Å². The van der Waals surface area contributed by atoms with Crippen molar-refractivity contribution in [1.82, 2.24) is 0 Å². The third-order valence-electron chi connectivity index (χ3n) is 1.99. The van der Waals surface area contributed by atoms with E-state index in [1.165, 1.54) is 25.3 Å². The van der Waals surface area contributed by atoms with Gasteiger partial charge in [-0.05, 0) is 26.0 Å². The van der Waals surface area contributed by atoms with Gasteiger partial charge in [-0.2, -0.15) is 0 Å². The fourth-order valence-electron chi connectivity index (χ4n) is 1.03. The first kappa shape index (κ1) is 15.7. The average molecular weight is 263 g/mol. The van der Waals surface area contributed by atoms with Crippen molar-refractivity contribution in [2.75, 3.05) is 12.4 Å². The minimum absolute atomic E-state index is 0. The number of anilines is 1. The van der Waals surface area contributed by atoms with Crippen LogP contribution in [0.2, 0.25) is 0 Å². The van der Waals surface area contributed by atoms with Gasteiger partial charge in [0.05, 0.1) is 12.6 Å². The number of amides is 1. The molecule has 6 heteroatoms. The lowest BCUT2D eigenvalue weighted by Crippen LogP contribution is -2.45. The molecule has 0 aromatic heterocycles. The van der Waals surface area contributed by atoms with E-state index in [4.69, 9.17) is 10.5 Å². The Morgan fingerprint density at radius 1 is 1.47 bits per heavy atom. The Balaban J connectivity index is 0.00000256. The van der Waals surface area contributed by atoms with Crippen LogP contribution in [-0.2, 0) is 4.79 Å². The monoisotopic (exact) mass is 262 g/mol. The number of nitrogens with two attached hydrogens (primary N) is 1. The standard InChI is InChI=1S/C11H15FN2O2.ClH/c1-11(2,13)10(15)14-7-4-5-8(12)9(6-7)16-3;/h4-6H,13H2,1-3H3,(H,14,15);1H. The molecule has 1 aromatic carbocycles. The highest BCUT2D eigenvalue weighted by molar-refractivity contribution is 5.97. The summed E-state index contributed by atoms with van der Waals surface area (Å²) in [6, 6.07) is 4.07. The number of ether oxygens (including phenoxy) is 1. The number of hydrogen-bond donors (Lipinski definition) is 2. The zero-order valence-corrected chi connectivity index (χ0v) is 10.7. The molecule has 1 rings (SSSR count). The van der Waals surface area contributed by atoms with Crippen LogP contribution in [0.1, 0.15) is 13.8 Å². The molecule has 0 spiro atoms. The Morgan fingerprint density at radius 2 is 2.06 bits per heavy atom. The lowest BCUT2D eigenvalue weighted by Gasteiger charge is -2.18. The molecule has 0 aliphatic carbocycles. The maximum Gasteiger partial charge on any atom is 0.243 e. The van der Waals surface area contributed by atoms with Gasteiger partial charge in [0.2, 0.25) is 5.91 Å². The minimum atomic E-state index is -0.985. The van der Waals surface area contributed by atoms with Crippen molar-refractivity contribution in [2.45, 2.75) is 19.4 Å². The SMILES string of the molecule is COc1cc(NC(=O)C(C)(C)N)ccc1F.Cl. The zero-order valence-electron chi connectivity index (χ0n) is 9.91. The number of benzene rings is 1. The summed E-state index contributed by atoms with van der Waals surface area (Å²) in [6.45, 7) is 3.17. The van der Waals surface area contributed by atoms with E-state index in [0.717, 1.165) is 0 Å². The van der Waals surface area contributed by atoms with Crippen LogP contribution in [0.15, 0.2) is 18.2 Å². The van der Waals surface area contributed by atoms with Gasteiger partial charge in [-0.15, -0.1) is 12.4 Å². The quantitative estimate of drug-likeness (QED) is 0.875. The van der Waals surface area contributed by atoms with Gasteiger partial charge in [-0.25, -0.2) is 4.39 Å². The van der Waals surface area contributed by atoms with Crippen LogP contribution in [0.5, 0.6) is 5.75 Å². The molecule has 0 fully saturated rings. The van der Waals surface area contributed by atoms with E-state index < -0.39 is 11.4 Å². The van der Waals surface area contributed by atoms with Gasteiger partial charge in [0.1, 0.15) is 0 Å². The molecule has 0 heterocycles. The first-order valence-electron chi connectivity index (χ1n) is 4.78. The minimum Gasteiger partial charge on any atom is -0.494 e. The number of carbonyl (C=O) groups excluding carboxylic acids is 1. The third-order valence-corrected chi connectivity index (χ3v) is 1.99. The van der Waals surface area contributed by atoms with Gasteiger partial charge in [-0.1, -0.05) is 0 Å². The van der Waals surface area contributed by atoms with E-state index >= 15 is 0 Å². The Bertz CT molecular complexity index is 405. The van der Waals surface area contributed by atoms with Crippen LogP contribution in [0, 0.1) is 5.82 Å². The summed E-state index contributed by atoms with van der Waals surface area (Å²) in [4.78, 5) is 11.5. The summed E-state index contributed by atoms with van der Waals surface area (Å²) in [7, 11) is 1.36. The molecule has 1 amide bonds. The highest BCUT2D eigenvalue weighted by Crippen LogP contribution is 2.21. The molecule has 0 aliphatic heterocycles. The zero-order chi connectivity index (χ0) is 12.3. The lowest BCUT2D eigenvalue weighted by molar-refractivity contribution is -0.120. The predicted octanol–water partition coefficient (Wildman–Crippen LogP) is 1.93. The van der Waals surface area contributed by atoms with Crippen molar-refractivity contribution < 1.29 is 13.9 Å². The molecule has 0 aliphatic rings. The van der Waals surface area contributed by atoms with Crippen LogP contribution in [0.3, 0.4) is 0 Å². The van der Waals surface area contributed by atoms with Crippen molar-refractivity contribution >= 4 is 24.0 Å². The van der Waals surface area contributed by atoms with Crippen LogP contribution in [0.4, 0.5) is 10.1 Å². The summed E-state index contributed by atoms with van der Waals surface area (Å²) >= 11 is 0. The fraction of sp³-hybridized carbons (Fsp3) is 0.364. The number of halogens is 2. The van der Waals surface area contributed by atoms with Crippen LogP contribution in [-0.4, -0.2) is 18.6 Å². The first-order valence-corrected chi connectivity index (χ1v) is 4.78. The van der Waals surface area contributed by atoms with E-state index in [0.29, 0.717) is 5.69 Å². The maximum absolute atomic E-state index is 13.1. The van der Waals surface area contributed by atoms with Crippen molar-refractivity contribution in [3.63, 3.8) is 0 Å². The van der Waals surface area contributed by atoms with Gasteiger partial charge in [0.15, 0.2) is 11.6 Å². The Labute approximate surface area is 106 Å². The second-order valence-electron chi connectivity index (χ2n) is 4.03. The molecule has 0 bridgehead atoms. The predicted molar refractivity (Wildman–Crippen MR) is 67.1 cm³/mol. The number of nitrogens with one attached hydrogen (secondary N) is 1. The second kappa shape index (κ2) is 5.84. The normalized spacial score (nSPS) is 10.4. The van der Waals surface area contributed by atoms with Crippen molar-refractivity contribution in [2.24, 2.45) is 5.73 Å². The molecule has 3 N–H and O–H groups in total. The highest BCUT2D eigenvalue weighted by Gasteiger charge is 2.22. The van der Waals surface area contributed by atoms with Gasteiger partial charge in [-0.3, -0.25) is 4.79 Å². The molecule has 96 valence electrons. The average Bonchev–Trinajstić information content (AvgIpc) is 2.19. The summed E-state index contributed by atoms with van der Waals surface area (Å²) in [6.07, 6.45) is 0. The maximum atomic E-state index is 13.1. The molecule has 0 saturated carbocycles. The molecule has 17 heavy (non-hydrogen) atoms. The third kappa shape index (κ3) is 4.20. The molecule has 0 saturated heterocycles. The first-order chi connectivity index (χ1) is 7.34. The number of methoxy groups -OCH3 is 1. The smallest absolute Gasteiger partial charge is 0.243 e. The van der Waals surface area contributed by atoms with Gasteiger partial charge >= 0.3 is 0 Å². The highest BCUT2D eigenvalue weighted by atomic mass is 35.5. The molecule has 1 aromatic rings. The van der Waals surface area contributed by atoms with Gasteiger partial charge in [0.25, 0.3) is 0 Å². The van der Waals surface area contributed by atoms with Crippen LogP contribution >= 0.6 is 12.4 Å². The Kier molecular flexibility index (Phi) is 5.38. The van der Waals surface area contributed by atoms with E-state index in [2.05, 4.69) is 5.32 Å². The number of hydrogen-bond acceptors (Lipinski definition) is 3. The summed E-state index contributed by atoms with van der Waals surface area (Å²) in [5.74, 6) is -0.749. The van der Waals surface area contributed by atoms with Crippen molar-refractivity contribution in [1.29, 1.82) is 0 Å². The topological polar surface area (TPSA) is 64.3 Å². The molecular weight excluding hydrogens is 247 g/mol. The molecule has 0 radical (unpaired) electrons. The van der Waals surface area contributed by atoms with Gasteiger partial charge in [0, 0.05) is 11.8 Å². The molecule has 0 atom stereocenters. The fourth-order valence-corrected chi connectivity index (χ4v) is 1.03. The van der Waals surface area contributed by atoms with Crippen LogP contribution < -0.4 is 15.8 Å². The summed E-state index contributed by atoms with van der Waals surface area (Å²) in [5, 5.41) is 2.57. The Hall–Kier alpha value is -1.33. The Morgan fingerprint density at radius 3 is 2.53 bits per heavy atom. The molecule has 4 nitrogen and oxygen atoms in total. The van der Waals surface area contributed by atoms with E-state index in [9.17, 15) is 9.18 Å². The second-order valence-corrected chi connectivity index (χ2v) is 4.03.